The van der Waals surface area contributed by atoms with Crippen molar-refractivity contribution in [3.8, 4) is 0 Å². The molecule has 3 aromatic heterocycles. The highest BCUT2D eigenvalue weighted by Crippen LogP contribution is 2.34. The van der Waals surface area contributed by atoms with E-state index in [-0.39, 0.29) is 11.6 Å². The zero-order valence-electron chi connectivity index (χ0n) is 19.4. The van der Waals surface area contributed by atoms with Gasteiger partial charge in [-0.1, -0.05) is 0 Å². The number of pyridine rings is 1. The molecule has 1 saturated carbocycles. The molecule has 2 fully saturated rings. The third-order valence-electron chi connectivity index (χ3n) is 6.80. The molecule has 8 heteroatoms. The van der Waals surface area contributed by atoms with Gasteiger partial charge in [0.1, 0.15) is 11.3 Å². The molecule has 34 heavy (non-hydrogen) atoms. The number of carbonyl (C=O) groups excluding carboxylic acids is 1. The van der Waals surface area contributed by atoms with Crippen molar-refractivity contribution in [2.75, 3.05) is 23.3 Å². The molecule has 0 spiro atoms. The maximum Gasteiger partial charge on any atom is 0.259 e. The summed E-state index contributed by atoms with van der Waals surface area (Å²) in [6, 6.07) is 8.41. The van der Waals surface area contributed by atoms with Gasteiger partial charge in [0.2, 0.25) is 0 Å². The number of nitrogens with zero attached hydrogens (tertiary/aromatic N) is 3. The number of carbonyl (C=O) groups is 1. The van der Waals surface area contributed by atoms with Gasteiger partial charge in [-0.05, 0) is 57.7 Å². The third-order valence-corrected chi connectivity index (χ3v) is 6.80. The van der Waals surface area contributed by atoms with Gasteiger partial charge in [-0.3, -0.25) is 4.79 Å². The van der Waals surface area contributed by atoms with Crippen molar-refractivity contribution >= 4 is 33.9 Å². The molecule has 1 aliphatic heterocycles. The lowest BCUT2D eigenvalue weighted by atomic mass is 10.0. The van der Waals surface area contributed by atoms with Crippen LogP contribution >= 0.6 is 0 Å². The smallest absolute Gasteiger partial charge is 0.259 e. The van der Waals surface area contributed by atoms with Gasteiger partial charge >= 0.3 is 0 Å². The van der Waals surface area contributed by atoms with Crippen LogP contribution in [0.2, 0.25) is 0 Å². The highest BCUT2D eigenvalue weighted by molar-refractivity contribution is 6.13. The first-order valence-corrected chi connectivity index (χ1v) is 11.9. The standard InChI is InChI=1S/C26H28FN5O2/c1-15-13-32-14-19(12-22(27)25(32)28-15)30-26(33)20-5-6-23(21-11-16(2)34-24(20)21)31-9-7-18(8-10-31)29-17-3-4-17/h5-6,11-14,17-18,29H,3-4,7-10H2,1-2H3,(H,30,33). The van der Waals surface area contributed by atoms with Crippen molar-refractivity contribution in [1.82, 2.24) is 14.7 Å². The minimum Gasteiger partial charge on any atom is -0.460 e. The molecule has 0 bridgehead atoms. The number of halogens is 1. The number of furan rings is 1. The summed E-state index contributed by atoms with van der Waals surface area (Å²) in [5, 5.41) is 7.50. The first-order chi connectivity index (χ1) is 16.4. The average Bonchev–Trinajstić information content (AvgIpc) is 3.40. The first-order valence-electron chi connectivity index (χ1n) is 11.9. The summed E-state index contributed by atoms with van der Waals surface area (Å²) in [5.74, 6) is -0.0724. The Labute approximate surface area is 196 Å². The Kier molecular flexibility index (Phi) is 5.06. The molecule has 2 N–H and O–H groups in total. The lowest BCUT2D eigenvalue weighted by molar-refractivity contribution is 0.102. The van der Waals surface area contributed by atoms with Crippen LogP contribution in [0.4, 0.5) is 15.8 Å². The molecule has 0 radical (unpaired) electrons. The van der Waals surface area contributed by atoms with Crippen molar-refractivity contribution in [2.45, 2.75) is 51.6 Å². The largest absolute Gasteiger partial charge is 0.460 e. The predicted molar refractivity (Wildman–Crippen MR) is 130 cm³/mol. The van der Waals surface area contributed by atoms with Crippen LogP contribution < -0.4 is 15.5 Å². The number of anilines is 2. The summed E-state index contributed by atoms with van der Waals surface area (Å²) in [4.78, 5) is 19.7. The van der Waals surface area contributed by atoms with E-state index in [0.717, 1.165) is 48.8 Å². The normalized spacial score (nSPS) is 17.1. The number of nitrogens with one attached hydrogen (secondary N) is 2. The molecule has 0 unspecified atom stereocenters. The Bertz CT molecular complexity index is 1400. The van der Waals surface area contributed by atoms with Gasteiger partial charge in [-0.25, -0.2) is 9.37 Å². The molecule has 0 atom stereocenters. The van der Waals surface area contributed by atoms with Crippen LogP contribution in [0.25, 0.3) is 16.6 Å². The molecule has 1 amide bonds. The van der Waals surface area contributed by atoms with Crippen molar-refractivity contribution < 1.29 is 13.6 Å². The highest BCUT2D eigenvalue weighted by Gasteiger charge is 2.28. The lowest BCUT2D eigenvalue weighted by Crippen LogP contribution is -2.43. The van der Waals surface area contributed by atoms with Gasteiger partial charge in [0.25, 0.3) is 5.91 Å². The van der Waals surface area contributed by atoms with Gasteiger partial charge in [0.05, 0.1) is 16.9 Å². The Morgan fingerprint density at radius 3 is 2.62 bits per heavy atom. The molecule has 4 aromatic rings. The number of benzene rings is 1. The van der Waals surface area contributed by atoms with Gasteiger partial charge in [-0.2, -0.15) is 0 Å². The van der Waals surface area contributed by atoms with Gasteiger partial charge in [0, 0.05) is 54.7 Å². The van der Waals surface area contributed by atoms with E-state index in [2.05, 4.69) is 20.5 Å². The number of hydrogen-bond donors (Lipinski definition) is 2. The number of hydrogen-bond acceptors (Lipinski definition) is 5. The molecular weight excluding hydrogens is 433 g/mol. The molecule has 7 nitrogen and oxygen atoms in total. The van der Waals surface area contributed by atoms with Gasteiger partial charge in [-0.15, -0.1) is 0 Å². The van der Waals surface area contributed by atoms with E-state index in [0.29, 0.717) is 28.6 Å². The quantitative estimate of drug-likeness (QED) is 0.446. The fraction of sp³-hybridized carbons (Fsp3) is 0.385. The maximum absolute atomic E-state index is 14.5. The van der Waals surface area contributed by atoms with Crippen LogP contribution in [-0.4, -0.2) is 40.5 Å². The summed E-state index contributed by atoms with van der Waals surface area (Å²) >= 11 is 0. The van der Waals surface area contributed by atoms with Gasteiger partial charge < -0.3 is 24.4 Å². The Morgan fingerprint density at radius 1 is 1.09 bits per heavy atom. The summed E-state index contributed by atoms with van der Waals surface area (Å²) in [7, 11) is 0. The SMILES string of the molecule is Cc1cn2cc(NC(=O)c3ccc(N4CCC(NC5CC5)CC4)c4cc(C)oc34)cc(F)c2n1. The number of fused-ring (bicyclic) bond motifs is 2. The van der Waals surface area contributed by atoms with Gasteiger partial charge in [0.15, 0.2) is 11.5 Å². The monoisotopic (exact) mass is 461 g/mol. The number of aryl methyl sites for hydroxylation is 2. The van der Waals surface area contributed by atoms with E-state index >= 15 is 0 Å². The molecule has 2 aliphatic rings. The van der Waals surface area contributed by atoms with Crippen LogP contribution in [0, 0.1) is 19.7 Å². The second-order valence-corrected chi connectivity index (χ2v) is 9.58. The molecule has 1 saturated heterocycles. The van der Waals surface area contributed by atoms with Crippen molar-refractivity contribution in [3.63, 3.8) is 0 Å². The van der Waals surface area contributed by atoms with E-state index in [4.69, 9.17) is 4.42 Å². The summed E-state index contributed by atoms with van der Waals surface area (Å²) in [5.41, 5.74) is 3.39. The zero-order chi connectivity index (χ0) is 23.4. The molecular formula is C26H28FN5O2. The van der Waals surface area contributed by atoms with E-state index in [9.17, 15) is 9.18 Å². The number of aromatic nitrogens is 2. The summed E-state index contributed by atoms with van der Waals surface area (Å²) in [6.45, 7) is 5.63. The Morgan fingerprint density at radius 2 is 1.85 bits per heavy atom. The number of rotatable bonds is 5. The summed E-state index contributed by atoms with van der Waals surface area (Å²) < 4.78 is 22.0. The fourth-order valence-corrected chi connectivity index (χ4v) is 5.00. The van der Waals surface area contributed by atoms with Crippen LogP contribution in [0.3, 0.4) is 0 Å². The average molecular weight is 462 g/mol. The third kappa shape index (κ3) is 3.92. The second-order valence-electron chi connectivity index (χ2n) is 9.58. The molecule has 6 rings (SSSR count). The molecule has 4 heterocycles. The number of piperidine rings is 1. The van der Waals surface area contributed by atoms with Crippen LogP contribution in [0.1, 0.15) is 47.5 Å². The Balaban J connectivity index is 1.26. The first kappa shape index (κ1) is 21.2. The molecule has 1 aliphatic carbocycles. The van der Waals surface area contributed by atoms with Crippen LogP contribution in [-0.2, 0) is 0 Å². The predicted octanol–water partition coefficient (Wildman–Crippen LogP) is 4.81. The van der Waals surface area contributed by atoms with Crippen LogP contribution in [0.5, 0.6) is 0 Å². The summed E-state index contributed by atoms with van der Waals surface area (Å²) in [6.07, 6.45) is 8.22. The van der Waals surface area contributed by atoms with E-state index < -0.39 is 5.82 Å². The van der Waals surface area contributed by atoms with Crippen molar-refractivity contribution in [1.29, 1.82) is 0 Å². The van der Waals surface area contributed by atoms with Crippen LogP contribution in [0.15, 0.2) is 41.1 Å². The van der Waals surface area contributed by atoms with E-state index in [1.54, 1.807) is 29.8 Å². The van der Waals surface area contributed by atoms with Crippen molar-refractivity contribution in [2.24, 2.45) is 0 Å². The van der Waals surface area contributed by atoms with E-state index in [1.807, 2.05) is 19.1 Å². The van der Waals surface area contributed by atoms with Crippen molar-refractivity contribution in [3.05, 3.63) is 59.5 Å². The highest BCUT2D eigenvalue weighted by atomic mass is 19.1. The maximum atomic E-state index is 14.5. The molecule has 176 valence electrons. The fourth-order valence-electron chi connectivity index (χ4n) is 5.00. The number of imidazole rings is 1. The minimum absolute atomic E-state index is 0.236. The van der Waals surface area contributed by atoms with E-state index in [1.165, 1.54) is 18.9 Å². The second kappa shape index (κ2) is 8.13. The topological polar surface area (TPSA) is 74.8 Å². The zero-order valence-corrected chi connectivity index (χ0v) is 19.4. The lowest BCUT2D eigenvalue weighted by Gasteiger charge is -2.34. The minimum atomic E-state index is -0.486. The Hall–Kier alpha value is -3.39. The molecule has 1 aromatic carbocycles. The number of amides is 1.